The van der Waals surface area contributed by atoms with E-state index in [2.05, 4.69) is 53.8 Å². The van der Waals surface area contributed by atoms with Crippen LogP contribution in [0, 0.1) is 11.3 Å². The summed E-state index contributed by atoms with van der Waals surface area (Å²) in [6.07, 6.45) is 2.20. The normalized spacial score (nSPS) is 12.4. The predicted molar refractivity (Wildman–Crippen MR) is 146 cm³/mol. The Balaban J connectivity index is 1.87. The van der Waals surface area contributed by atoms with Crippen LogP contribution in [-0.4, -0.2) is 41.3 Å². The highest BCUT2D eigenvalue weighted by molar-refractivity contribution is 7.93. The molecule has 0 atom stereocenters. The number of fused-ring (bicyclic) bond motifs is 1. The monoisotopic (exact) mass is 509 g/mol. The molecule has 36 heavy (non-hydrogen) atoms. The lowest BCUT2D eigenvalue weighted by Crippen LogP contribution is -2.28. The molecular weight excluding hydrogens is 474 g/mol. The first-order valence-corrected chi connectivity index (χ1v) is 13.9. The van der Waals surface area contributed by atoms with Gasteiger partial charge in [-0.25, -0.2) is 13.1 Å². The SMILES string of the molecule is CCCN(CCC)c1ccc2cc(-c3ccc(/C(C)=C(\C#N)S(=O)(=O)NCCOCC)o3)ccc2c1. The van der Waals surface area contributed by atoms with E-state index in [9.17, 15) is 13.7 Å². The van der Waals surface area contributed by atoms with Crippen LogP contribution in [0.5, 0.6) is 0 Å². The average Bonchev–Trinajstić information content (AvgIpc) is 3.36. The van der Waals surface area contributed by atoms with Gasteiger partial charge in [-0.2, -0.15) is 5.26 Å². The number of rotatable bonds is 13. The lowest BCUT2D eigenvalue weighted by atomic mass is 10.0. The number of sulfonamides is 1. The molecular formula is C28H35N3O4S. The van der Waals surface area contributed by atoms with Gasteiger partial charge in [-0.1, -0.05) is 32.0 Å². The number of furan rings is 1. The van der Waals surface area contributed by atoms with Crippen molar-refractivity contribution in [2.24, 2.45) is 0 Å². The summed E-state index contributed by atoms with van der Waals surface area (Å²) >= 11 is 0. The molecule has 0 spiro atoms. The van der Waals surface area contributed by atoms with Gasteiger partial charge < -0.3 is 14.1 Å². The third-order valence-electron chi connectivity index (χ3n) is 5.89. The molecule has 192 valence electrons. The van der Waals surface area contributed by atoms with Gasteiger partial charge in [0.25, 0.3) is 10.0 Å². The molecule has 0 fully saturated rings. The zero-order chi connectivity index (χ0) is 26.1. The topological polar surface area (TPSA) is 95.6 Å². The molecule has 0 aliphatic heterocycles. The molecule has 0 unspecified atom stereocenters. The van der Waals surface area contributed by atoms with E-state index in [0.29, 0.717) is 18.1 Å². The number of nitriles is 1. The first-order valence-electron chi connectivity index (χ1n) is 12.4. The zero-order valence-electron chi connectivity index (χ0n) is 21.5. The molecule has 1 aromatic heterocycles. The van der Waals surface area contributed by atoms with E-state index >= 15 is 0 Å². The highest BCUT2D eigenvalue weighted by Crippen LogP contribution is 2.31. The van der Waals surface area contributed by atoms with Gasteiger partial charge in [0.2, 0.25) is 0 Å². The number of benzene rings is 2. The van der Waals surface area contributed by atoms with Crippen LogP contribution in [0.4, 0.5) is 5.69 Å². The Kier molecular flexibility index (Phi) is 9.71. The fraction of sp³-hybridized carbons (Fsp3) is 0.393. The number of hydrogen-bond donors (Lipinski definition) is 1. The van der Waals surface area contributed by atoms with E-state index in [0.717, 1.165) is 42.3 Å². The molecule has 0 radical (unpaired) electrons. The molecule has 1 heterocycles. The van der Waals surface area contributed by atoms with Gasteiger partial charge in [0, 0.05) is 43.1 Å². The molecule has 0 amide bonds. The number of nitrogens with one attached hydrogen (secondary N) is 1. The van der Waals surface area contributed by atoms with Crippen LogP contribution in [0.2, 0.25) is 0 Å². The fourth-order valence-electron chi connectivity index (χ4n) is 4.11. The maximum absolute atomic E-state index is 12.6. The van der Waals surface area contributed by atoms with E-state index in [1.54, 1.807) is 19.1 Å². The lowest BCUT2D eigenvalue weighted by molar-refractivity contribution is 0.153. The minimum absolute atomic E-state index is 0.0888. The molecule has 1 N–H and O–H groups in total. The number of ether oxygens (including phenoxy) is 1. The molecule has 0 aliphatic carbocycles. The maximum Gasteiger partial charge on any atom is 0.251 e. The first-order chi connectivity index (χ1) is 17.3. The summed E-state index contributed by atoms with van der Waals surface area (Å²) in [6, 6.07) is 17.9. The standard InChI is InChI=1S/C28H35N3O4S/c1-5-15-31(16-6-2)25-11-10-22-18-24(9-8-23(22)19-25)27-13-12-26(35-27)21(4)28(20-29)36(32,33)30-14-17-34-7-3/h8-13,18-19,30H,5-7,14-17H2,1-4H3/b28-21+. The smallest absolute Gasteiger partial charge is 0.251 e. The maximum atomic E-state index is 12.6. The molecule has 7 nitrogen and oxygen atoms in total. The summed E-state index contributed by atoms with van der Waals surface area (Å²) in [4.78, 5) is 2.04. The van der Waals surface area contributed by atoms with Gasteiger partial charge in [0.05, 0.1) is 6.61 Å². The fourth-order valence-corrected chi connectivity index (χ4v) is 5.23. The first kappa shape index (κ1) is 27.5. The molecule has 0 saturated carbocycles. The van der Waals surface area contributed by atoms with Crippen molar-refractivity contribution in [1.29, 1.82) is 5.26 Å². The van der Waals surface area contributed by atoms with E-state index in [-0.39, 0.29) is 23.6 Å². The van der Waals surface area contributed by atoms with Crippen LogP contribution in [0.25, 0.3) is 27.7 Å². The van der Waals surface area contributed by atoms with Crippen molar-refractivity contribution in [3.63, 3.8) is 0 Å². The van der Waals surface area contributed by atoms with Crippen molar-refractivity contribution in [3.8, 4) is 17.4 Å². The molecule has 2 aromatic carbocycles. The predicted octanol–water partition coefficient (Wildman–Crippen LogP) is 5.94. The highest BCUT2D eigenvalue weighted by atomic mass is 32.2. The molecule has 0 saturated heterocycles. The molecule has 3 aromatic rings. The molecule has 8 heteroatoms. The van der Waals surface area contributed by atoms with E-state index in [1.165, 1.54) is 5.69 Å². The van der Waals surface area contributed by atoms with Crippen LogP contribution in [0.1, 0.15) is 46.3 Å². The summed E-state index contributed by atoms with van der Waals surface area (Å²) in [5.74, 6) is 0.940. The van der Waals surface area contributed by atoms with Gasteiger partial charge >= 0.3 is 0 Å². The summed E-state index contributed by atoms with van der Waals surface area (Å²) < 4.78 is 38.8. The van der Waals surface area contributed by atoms with Crippen LogP contribution >= 0.6 is 0 Å². The Morgan fingerprint density at radius 1 is 1.03 bits per heavy atom. The van der Waals surface area contributed by atoms with E-state index < -0.39 is 10.0 Å². The minimum atomic E-state index is -3.98. The van der Waals surface area contributed by atoms with Gasteiger partial charge in [-0.05, 0) is 67.8 Å². The second kappa shape index (κ2) is 12.7. The van der Waals surface area contributed by atoms with Gasteiger partial charge in [-0.3, -0.25) is 0 Å². The van der Waals surface area contributed by atoms with Crippen LogP contribution < -0.4 is 9.62 Å². The largest absolute Gasteiger partial charge is 0.456 e. The summed E-state index contributed by atoms with van der Waals surface area (Å²) in [7, 11) is -3.98. The molecule has 3 rings (SSSR count). The number of nitrogens with zero attached hydrogens (tertiary/aromatic N) is 2. The Morgan fingerprint density at radius 3 is 2.39 bits per heavy atom. The van der Waals surface area contributed by atoms with Gasteiger partial charge in [-0.15, -0.1) is 0 Å². The van der Waals surface area contributed by atoms with Crippen molar-refractivity contribution in [2.45, 2.75) is 40.5 Å². The average molecular weight is 510 g/mol. The molecule has 0 bridgehead atoms. The molecule has 0 aliphatic rings. The van der Waals surface area contributed by atoms with E-state index in [1.807, 2.05) is 19.1 Å². The second-order valence-corrected chi connectivity index (χ2v) is 10.3. The van der Waals surface area contributed by atoms with Crippen molar-refractivity contribution < 1.29 is 17.6 Å². The quantitative estimate of drug-likeness (QED) is 0.226. The van der Waals surface area contributed by atoms with Crippen LogP contribution in [-0.2, 0) is 14.8 Å². The second-order valence-electron chi connectivity index (χ2n) is 8.56. The zero-order valence-corrected chi connectivity index (χ0v) is 22.3. The minimum Gasteiger partial charge on any atom is -0.456 e. The Labute approximate surface area is 214 Å². The third kappa shape index (κ3) is 6.55. The van der Waals surface area contributed by atoms with Gasteiger partial charge in [0.1, 0.15) is 17.6 Å². The van der Waals surface area contributed by atoms with Crippen molar-refractivity contribution >= 4 is 32.1 Å². The summed E-state index contributed by atoms with van der Waals surface area (Å²) in [5, 5.41) is 11.8. The van der Waals surface area contributed by atoms with Crippen molar-refractivity contribution in [3.05, 3.63) is 59.2 Å². The van der Waals surface area contributed by atoms with Crippen molar-refractivity contribution in [1.82, 2.24) is 4.72 Å². The Morgan fingerprint density at radius 2 is 1.72 bits per heavy atom. The van der Waals surface area contributed by atoms with Gasteiger partial charge in [0.15, 0.2) is 4.91 Å². The van der Waals surface area contributed by atoms with Crippen molar-refractivity contribution in [2.75, 3.05) is 37.7 Å². The Hall–Kier alpha value is -3.12. The van der Waals surface area contributed by atoms with Crippen LogP contribution in [0.15, 0.2) is 57.9 Å². The lowest BCUT2D eigenvalue weighted by Gasteiger charge is -2.24. The number of allylic oxidation sites excluding steroid dienone is 2. The highest BCUT2D eigenvalue weighted by Gasteiger charge is 2.22. The summed E-state index contributed by atoms with van der Waals surface area (Å²) in [5.41, 5.74) is 2.36. The van der Waals surface area contributed by atoms with E-state index in [4.69, 9.17) is 9.15 Å². The Bertz CT molecular complexity index is 1350. The summed E-state index contributed by atoms with van der Waals surface area (Å²) in [6.45, 7) is 10.7. The number of hydrogen-bond acceptors (Lipinski definition) is 6. The third-order valence-corrected chi connectivity index (χ3v) is 7.41. The van der Waals surface area contributed by atoms with Crippen LogP contribution in [0.3, 0.4) is 0 Å². The number of anilines is 1.